The zero-order valence-electron chi connectivity index (χ0n) is 14.5. The molecule has 2 heterocycles. The first kappa shape index (κ1) is 18.2. The van der Waals surface area contributed by atoms with Crippen molar-refractivity contribution < 1.29 is 14.3 Å². The Morgan fingerprint density at radius 3 is 3.00 bits per heavy atom. The quantitative estimate of drug-likeness (QED) is 0.813. The Morgan fingerprint density at radius 1 is 1.48 bits per heavy atom. The third-order valence-electron chi connectivity index (χ3n) is 3.95. The van der Waals surface area contributed by atoms with Gasteiger partial charge in [0.15, 0.2) is 4.80 Å². The number of carbonyl (C=O) groups is 1. The lowest BCUT2D eigenvalue weighted by Crippen LogP contribution is -2.23. The van der Waals surface area contributed by atoms with Gasteiger partial charge >= 0.3 is 0 Å². The normalized spacial score (nSPS) is 14.7. The van der Waals surface area contributed by atoms with Crippen molar-refractivity contribution in [2.24, 2.45) is 10.9 Å². The molecule has 1 aromatic carbocycles. The van der Waals surface area contributed by atoms with Crippen molar-refractivity contribution in [3.63, 3.8) is 0 Å². The maximum atomic E-state index is 12.8. The molecule has 0 saturated carbocycles. The van der Waals surface area contributed by atoms with Crippen LogP contribution in [0.5, 0.6) is 5.75 Å². The molecule has 1 aliphatic rings. The number of benzene rings is 1. The van der Waals surface area contributed by atoms with Crippen molar-refractivity contribution >= 4 is 28.8 Å². The van der Waals surface area contributed by atoms with Crippen LogP contribution < -0.4 is 9.54 Å². The van der Waals surface area contributed by atoms with Gasteiger partial charge in [0.2, 0.25) is 0 Å². The number of thiazole rings is 1. The van der Waals surface area contributed by atoms with Crippen LogP contribution in [0.2, 0.25) is 5.02 Å². The molecule has 1 aromatic heterocycles. The van der Waals surface area contributed by atoms with Crippen LogP contribution in [0.3, 0.4) is 0 Å². The van der Waals surface area contributed by atoms with Crippen LogP contribution in [-0.4, -0.2) is 24.2 Å². The number of methoxy groups -OCH3 is 1. The average molecular weight is 381 g/mol. The van der Waals surface area contributed by atoms with Gasteiger partial charge in [0.25, 0.3) is 5.91 Å². The molecule has 25 heavy (non-hydrogen) atoms. The van der Waals surface area contributed by atoms with Gasteiger partial charge in [-0.3, -0.25) is 4.79 Å². The van der Waals surface area contributed by atoms with E-state index in [9.17, 15) is 4.79 Å². The summed E-state index contributed by atoms with van der Waals surface area (Å²) in [6.45, 7) is 6.42. The minimum Gasteiger partial charge on any atom is -0.496 e. The van der Waals surface area contributed by atoms with Crippen molar-refractivity contribution in [2.75, 3.05) is 13.7 Å². The number of halogens is 1. The van der Waals surface area contributed by atoms with Crippen LogP contribution >= 0.6 is 22.9 Å². The third kappa shape index (κ3) is 3.97. The Labute approximate surface area is 155 Å². The van der Waals surface area contributed by atoms with E-state index in [1.54, 1.807) is 18.2 Å². The standard InChI is InChI=1S/C18H21ClN2O3S/c1-11(2)9-21-14-6-7-24-10-16(14)25-18(21)20-17(22)13-8-12(19)4-5-15(13)23-3/h4-5,8,11H,6-7,9-10H2,1-3H3/b20-18-. The molecule has 0 atom stereocenters. The monoisotopic (exact) mass is 380 g/mol. The second-order valence-corrected chi connectivity index (χ2v) is 7.82. The van der Waals surface area contributed by atoms with Gasteiger partial charge < -0.3 is 14.0 Å². The summed E-state index contributed by atoms with van der Waals surface area (Å²) in [6.07, 6.45) is 0.850. The largest absolute Gasteiger partial charge is 0.496 e. The summed E-state index contributed by atoms with van der Waals surface area (Å²) in [5.41, 5.74) is 1.60. The molecule has 0 bridgehead atoms. The third-order valence-corrected chi connectivity index (χ3v) is 5.28. The fourth-order valence-corrected chi connectivity index (χ4v) is 4.13. The average Bonchev–Trinajstić information content (AvgIpc) is 2.91. The van der Waals surface area contributed by atoms with Crippen LogP contribution in [0.1, 0.15) is 34.8 Å². The number of carbonyl (C=O) groups excluding carboxylic acids is 1. The summed E-state index contributed by atoms with van der Waals surface area (Å²) in [4.78, 5) is 19.0. The van der Waals surface area contributed by atoms with E-state index in [4.69, 9.17) is 21.1 Å². The van der Waals surface area contributed by atoms with Crippen LogP contribution in [0, 0.1) is 5.92 Å². The van der Waals surface area contributed by atoms with E-state index >= 15 is 0 Å². The molecule has 0 radical (unpaired) electrons. The van der Waals surface area contributed by atoms with E-state index in [-0.39, 0.29) is 5.91 Å². The molecule has 0 unspecified atom stereocenters. The first-order chi connectivity index (χ1) is 12.0. The molecule has 1 aliphatic heterocycles. The van der Waals surface area contributed by atoms with Gasteiger partial charge in [-0.05, 0) is 24.1 Å². The Morgan fingerprint density at radius 2 is 2.28 bits per heavy atom. The molecular weight excluding hydrogens is 360 g/mol. The topological polar surface area (TPSA) is 52.8 Å². The van der Waals surface area contributed by atoms with Gasteiger partial charge in [0.1, 0.15) is 5.75 Å². The molecule has 1 amide bonds. The molecule has 5 nitrogen and oxygen atoms in total. The summed E-state index contributed by atoms with van der Waals surface area (Å²) in [5.74, 6) is 0.575. The fourth-order valence-electron chi connectivity index (χ4n) is 2.84. The second-order valence-electron chi connectivity index (χ2n) is 6.32. The van der Waals surface area contributed by atoms with E-state index in [2.05, 4.69) is 23.4 Å². The number of amides is 1. The summed E-state index contributed by atoms with van der Waals surface area (Å²) < 4.78 is 13.0. The number of hydrogen-bond donors (Lipinski definition) is 0. The van der Waals surface area contributed by atoms with Gasteiger partial charge in [-0.15, -0.1) is 0 Å². The summed E-state index contributed by atoms with van der Waals surface area (Å²) in [6, 6.07) is 4.97. The molecule has 134 valence electrons. The molecule has 0 fully saturated rings. The van der Waals surface area contributed by atoms with Gasteiger partial charge in [-0.25, -0.2) is 0 Å². The molecule has 2 aromatic rings. The van der Waals surface area contributed by atoms with Crippen molar-refractivity contribution in [3.8, 4) is 5.75 Å². The zero-order valence-corrected chi connectivity index (χ0v) is 16.1. The molecule has 0 saturated heterocycles. The number of ether oxygens (including phenoxy) is 2. The van der Waals surface area contributed by atoms with Crippen LogP contribution in [0.25, 0.3) is 0 Å². The molecule has 7 heteroatoms. The highest BCUT2D eigenvalue weighted by Crippen LogP contribution is 2.24. The zero-order chi connectivity index (χ0) is 18.0. The highest BCUT2D eigenvalue weighted by molar-refractivity contribution is 7.09. The molecular formula is C18H21ClN2O3S. The highest BCUT2D eigenvalue weighted by atomic mass is 35.5. The first-order valence-corrected chi connectivity index (χ1v) is 9.40. The van der Waals surface area contributed by atoms with Gasteiger partial charge in [0, 0.05) is 23.7 Å². The number of rotatable bonds is 4. The van der Waals surface area contributed by atoms with Gasteiger partial charge in [0.05, 0.1) is 30.8 Å². The maximum Gasteiger partial charge on any atom is 0.283 e. The Kier molecular flexibility index (Phi) is 5.61. The number of hydrogen-bond acceptors (Lipinski definition) is 4. The molecule has 0 spiro atoms. The summed E-state index contributed by atoms with van der Waals surface area (Å²) in [5, 5.41) is 0.480. The minimum atomic E-state index is -0.351. The van der Waals surface area contributed by atoms with Crippen molar-refractivity contribution in [3.05, 3.63) is 44.2 Å². The summed E-state index contributed by atoms with van der Waals surface area (Å²) >= 11 is 7.56. The summed E-state index contributed by atoms with van der Waals surface area (Å²) in [7, 11) is 1.53. The number of fused-ring (bicyclic) bond motifs is 1. The first-order valence-electron chi connectivity index (χ1n) is 8.21. The van der Waals surface area contributed by atoms with E-state index in [1.807, 2.05) is 0 Å². The predicted octanol–water partition coefficient (Wildman–Crippen LogP) is 3.68. The molecule has 0 N–H and O–H groups in total. The lowest BCUT2D eigenvalue weighted by Gasteiger charge is -2.16. The molecule has 0 aliphatic carbocycles. The van der Waals surface area contributed by atoms with Crippen molar-refractivity contribution in [1.82, 2.24) is 4.57 Å². The predicted molar refractivity (Wildman–Crippen MR) is 98.4 cm³/mol. The van der Waals surface area contributed by atoms with E-state index in [0.29, 0.717) is 40.3 Å². The van der Waals surface area contributed by atoms with E-state index < -0.39 is 0 Å². The van der Waals surface area contributed by atoms with Crippen molar-refractivity contribution in [1.29, 1.82) is 0 Å². The van der Waals surface area contributed by atoms with Gasteiger partial charge in [-0.1, -0.05) is 36.8 Å². The minimum absolute atomic E-state index is 0.351. The van der Waals surface area contributed by atoms with Crippen LogP contribution in [0.4, 0.5) is 0 Å². The Balaban J connectivity index is 2.07. The smallest absolute Gasteiger partial charge is 0.283 e. The van der Waals surface area contributed by atoms with Crippen LogP contribution in [0.15, 0.2) is 23.2 Å². The second kappa shape index (κ2) is 7.72. The Bertz CT molecular complexity index is 854. The van der Waals surface area contributed by atoms with Crippen molar-refractivity contribution in [2.45, 2.75) is 33.4 Å². The highest BCUT2D eigenvalue weighted by Gasteiger charge is 2.20. The molecule has 3 rings (SSSR count). The SMILES string of the molecule is COc1ccc(Cl)cc1C(=O)/N=c1\sc2c(n1CC(C)C)CCOC2. The van der Waals surface area contributed by atoms with Gasteiger partial charge in [-0.2, -0.15) is 4.99 Å². The lowest BCUT2D eigenvalue weighted by molar-refractivity contribution is 0.0994. The lowest BCUT2D eigenvalue weighted by atomic mass is 10.2. The van der Waals surface area contributed by atoms with E-state index in [0.717, 1.165) is 17.8 Å². The fraction of sp³-hybridized carbons (Fsp3) is 0.444. The Hall–Kier alpha value is -1.63. The van der Waals surface area contributed by atoms with Crippen LogP contribution in [-0.2, 0) is 24.3 Å². The number of nitrogens with zero attached hydrogens (tertiary/aromatic N) is 2. The van der Waals surface area contributed by atoms with E-state index in [1.165, 1.54) is 24.1 Å². The number of aromatic nitrogens is 1. The maximum absolute atomic E-state index is 12.8.